The predicted octanol–water partition coefficient (Wildman–Crippen LogP) is 2.58. The van der Waals surface area contributed by atoms with Crippen LogP contribution in [0.2, 0.25) is 0 Å². The van der Waals surface area contributed by atoms with Crippen molar-refractivity contribution in [1.82, 2.24) is 0 Å². The van der Waals surface area contributed by atoms with Crippen molar-refractivity contribution >= 4 is 5.97 Å². The Balaban J connectivity index is 4.72. The van der Waals surface area contributed by atoms with Gasteiger partial charge in [0.25, 0.3) is 0 Å². The average Bonchev–Trinajstić information content (AvgIpc) is 2.09. The molecule has 0 rings (SSSR count). The zero-order valence-electron chi connectivity index (χ0n) is 8.15. The molecule has 0 aromatic rings. The number of alkyl halides is 5. The summed E-state index contributed by atoms with van der Waals surface area (Å²) in [5, 5.41) is 8.38. The fraction of sp³-hybridized carbons (Fsp3) is 0.625. The van der Waals surface area contributed by atoms with E-state index in [4.69, 9.17) is 5.11 Å². The maximum Gasteiger partial charge on any atom is 0.453 e. The van der Waals surface area contributed by atoms with Gasteiger partial charge in [-0.2, -0.15) is 22.0 Å². The average molecular weight is 248 g/mol. The number of halogens is 5. The van der Waals surface area contributed by atoms with Crippen molar-refractivity contribution in [1.29, 1.82) is 0 Å². The Hall–Kier alpha value is -1.34. The second kappa shape index (κ2) is 5.13. The minimum Gasteiger partial charge on any atom is -0.487 e. The molecular weight excluding hydrogens is 239 g/mol. The number of ether oxygens (including phenoxy) is 1. The molecule has 0 spiro atoms. The van der Waals surface area contributed by atoms with E-state index < -0.39 is 30.2 Å². The van der Waals surface area contributed by atoms with Crippen LogP contribution in [0.3, 0.4) is 0 Å². The molecule has 0 atom stereocenters. The maximum absolute atomic E-state index is 12.4. The van der Waals surface area contributed by atoms with Crippen molar-refractivity contribution < 1.29 is 36.6 Å². The van der Waals surface area contributed by atoms with Crippen molar-refractivity contribution in [2.75, 3.05) is 6.61 Å². The third-order valence-corrected chi connectivity index (χ3v) is 1.47. The summed E-state index contributed by atoms with van der Waals surface area (Å²) in [6.45, 7) is 1.23. The van der Waals surface area contributed by atoms with Gasteiger partial charge in [-0.15, -0.1) is 0 Å². The van der Waals surface area contributed by atoms with E-state index in [0.717, 1.165) is 0 Å². The van der Waals surface area contributed by atoms with Gasteiger partial charge >= 0.3 is 18.1 Å². The van der Waals surface area contributed by atoms with E-state index in [-0.39, 0.29) is 12.7 Å². The second-order valence-corrected chi connectivity index (χ2v) is 2.71. The Morgan fingerprint density at radius 3 is 2.12 bits per heavy atom. The Labute approximate surface area is 87.5 Å². The van der Waals surface area contributed by atoms with E-state index in [1.54, 1.807) is 0 Å². The molecule has 0 saturated carbocycles. The molecule has 0 saturated heterocycles. The molecule has 0 radical (unpaired) electrons. The number of rotatable bonds is 5. The summed E-state index contributed by atoms with van der Waals surface area (Å²) < 4.78 is 64.2. The molecular formula is C8H9F5O3. The first-order valence-electron chi connectivity index (χ1n) is 4.12. The first-order chi connectivity index (χ1) is 7.12. The van der Waals surface area contributed by atoms with Crippen molar-refractivity contribution in [3.8, 4) is 0 Å². The largest absolute Gasteiger partial charge is 0.487 e. The van der Waals surface area contributed by atoms with Gasteiger partial charge in [-0.1, -0.05) is 0 Å². The topological polar surface area (TPSA) is 46.5 Å². The van der Waals surface area contributed by atoms with Crippen molar-refractivity contribution in [3.63, 3.8) is 0 Å². The van der Waals surface area contributed by atoms with Crippen LogP contribution in [0, 0.1) is 0 Å². The van der Waals surface area contributed by atoms with Crippen molar-refractivity contribution in [2.24, 2.45) is 0 Å². The summed E-state index contributed by atoms with van der Waals surface area (Å²) in [6.07, 6.45) is -7.27. The van der Waals surface area contributed by atoms with Crippen LogP contribution in [0.1, 0.15) is 13.3 Å². The van der Waals surface area contributed by atoms with Crippen LogP contribution in [0.25, 0.3) is 0 Å². The lowest BCUT2D eigenvalue weighted by molar-refractivity contribution is -0.280. The molecule has 0 aliphatic rings. The molecule has 1 N–H and O–H groups in total. The monoisotopic (exact) mass is 248 g/mol. The molecule has 0 aliphatic heterocycles. The fourth-order valence-electron chi connectivity index (χ4n) is 0.700. The zero-order chi connectivity index (χ0) is 13.0. The highest BCUT2D eigenvalue weighted by Gasteiger charge is 2.56. The van der Waals surface area contributed by atoms with Gasteiger partial charge in [0.2, 0.25) is 5.76 Å². The van der Waals surface area contributed by atoms with E-state index in [1.165, 1.54) is 6.92 Å². The summed E-state index contributed by atoms with van der Waals surface area (Å²) in [7, 11) is 0. The van der Waals surface area contributed by atoms with Gasteiger partial charge in [0.1, 0.15) is 0 Å². The summed E-state index contributed by atoms with van der Waals surface area (Å²) in [5.74, 6) is -7.59. The van der Waals surface area contributed by atoms with Gasteiger partial charge in [-0.25, -0.2) is 4.79 Å². The van der Waals surface area contributed by atoms with E-state index in [0.29, 0.717) is 0 Å². The van der Waals surface area contributed by atoms with Crippen LogP contribution in [0.4, 0.5) is 22.0 Å². The number of carbonyl (C=O) groups is 1. The van der Waals surface area contributed by atoms with Crippen LogP contribution < -0.4 is 0 Å². The highest BCUT2D eigenvalue weighted by atomic mass is 19.4. The quantitative estimate of drug-likeness (QED) is 0.462. The third-order valence-electron chi connectivity index (χ3n) is 1.47. The first kappa shape index (κ1) is 14.7. The molecule has 0 bridgehead atoms. The lowest BCUT2D eigenvalue weighted by Crippen LogP contribution is -2.35. The third kappa shape index (κ3) is 4.03. The number of carboxylic acids is 1. The zero-order valence-corrected chi connectivity index (χ0v) is 8.15. The van der Waals surface area contributed by atoms with Gasteiger partial charge in [0, 0.05) is 6.42 Å². The Kier molecular flexibility index (Phi) is 4.70. The van der Waals surface area contributed by atoms with Gasteiger partial charge in [0.15, 0.2) is 0 Å². The number of hydrogen-bond acceptors (Lipinski definition) is 2. The summed E-state index contributed by atoms with van der Waals surface area (Å²) in [4.78, 5) is 10.3. The smallest absolute Gasteiger partial charge is 0.453 e. The number of aliphatic carboxylic acids is 1. The Bertz CT molecular complexity index is 282. The molecule has 0 aliphatic carbocycles. The summed E-state index contributed by atoms with van der Waals surface area (Å²) in [6, 6.07) is 0. The van der Waals surface area contributed by atoms with Gasteiger partial charge in [0.05, 0.1) is 6.61 Å². The Morgan fingerprint density at radius 2 is 1.81 bits per heavy atom. The Morgan fingerprint density at radius 1 is 1.31 bits per heavy atom. The predicted molar refractivity (Wildman–Crippen MR) is 43.0 cm³/mol. The van der Waals surface area contributed by atoms with E-state index in [1.807, 2.05) is 0 Å². The van der Waals surface area contributed by atoms with Crippen LogP contribution >= 0.6 is 0 Å². The molecule has 3 nitrogen and oxygen atoms in total. The highest BCUT2D eigenvalue weighted by molar-refractivity contribution is 5.84. The molecule has 94 valence electrons. The van der Waals surface area contributed by atoms with Gasteiger partial charge in [-0.05, 0) is 13.0 Å². The lowest BCUT2D eigenvalue weighted by atomic mass is 10.2. The van der Waals surface area contributed by atoms with Gasteiger partial charge in [-0.3, -0.25) is 0 Å². The van der Waals surface area contributed by atoms with Crippen molar-refractivity contribution in [3.05, 3.63) is 11.8 Å². The highest BCUT2D eigenvalue weighted by Crippen LogP contribution is 2.38. The second-order valence-electron chi connectivity index (χ2n) is 2.71. The molecule has 16 heavy (non-hydrogen) atoms. The van der Waals surface area contributed by atoms with E-state index in [2.05, 4.69) is 4.74 Å². The maximum atomic E-state index is 12.4. The minimum absolute atomic E-state index is 0.143. The molecule has 8 heteroatoms. The number of carboxylic acid groups (broad SMARTS) is 1. The van der Waals surface area contributed by atoms with E-state index >= 15 is 0 Å². The molecule has 0 unspecified atom stereocenters. The number of allylic oxidation sites excluding steroid dienone is 1. The first-order valence-corrected chi connectivity index (χ1v) is 4.12. The van der Waals surface area contributed by atoms with Crippen molar-refractivity contribution in [2.45, 2.75) is 25.4 Å². The minimum atomic E-state index is -5.71. The number of hydrogen-bond donors (Lipinski definition) is 1. The molecule has 0 aromatic heterocycles. The lowest BCUT2D eigenvalue weighted by Gasteiger charge is -2.17. The van der Waals surface area contributed by atoms with E-state index in [9.17, 15) is 26.7 Å². The van der Waals surface area contributed by atoms with Crippen LogP contribution in [-0.4, -0.2) is 29.8 Å². The van der Waals surface area contributed by atoms with Crippen LogP contribution in [0.5, 0.6) is 0 Å². The summed E-state index contributed by atoms with van der Waals surface area (Å²) in [5.41, 5.74) is 0. The molecule has 0 amide bonds. The standard InChI is InChI=1S/C8H9F5O3/c1-2-16-5(6(14)15)3-4-7(9,10)8(11,12)13/h3H,2,4H2,1H3,(H,14,15). The normalized spacial score (nSPS) is 13.8. The van der Waals surface area contributed by atoms with Crippen LogP contribution in [0.15, 0.2) is 11.8 Å². The molecule has 0 fully saturated rings. The van der Waals surface area contributed by atoms with Gasteiger partial charge < -0.3 is 9.84 Å². The fourth-order valence-corrected chi connectivity index (χ4v) is 0.700. The SMILES string of the molecule is CCOC(=CCC(F)(F)C(F)(F)F)C(=O)O. The van der Waals surface area contributed by atoms with Crippen LogP contribution in [-0.2, 0) is 9.53 Å². The molecule has 0 aromatic carbocycles. The summed E-state index contributed by atoms with van der Waals surface area (Å²) >= 11 is 0. The molecule has 0 heterocycles.